The maximum absolute atomic E-state index is 13.0. The fourth-order valence-corrected chi connectivity index (χ4v) is 5.53. The highest BCUT2D eigenvalue weighted by molar-refractivity contribution is 7.89. The minimum atomic E-state index is -3.54. The normalized spacial score (nSPS) is 14.9. The largest absolute Gasteiger partial charge is 0.358 e. The van der Waals surface area contributed by atoms with Crippen LogP contribution in [-0.2, 0) is 21.2 Å². The molecule has 32 heavy (non-hydrogen) atoms. The zero-order valence-corrected chi connectivity index (χ0v) is 19.1. The molecule has 1 aliphatic heterocycles. The Kier molecular flexibility index (Phi) is 6.77. The lowest BCUT2D eigenvalue weighted by Crippen LogP contribution is -2.35. The molecule has 4 rings (SSSR count). The molecule has 0 bridgehead atoms. The fraction of sp³-hybridized carbons (Fsp3) is 0.320. The lowest BCUT2D eigenvalue weighted by molar-refractivity contribution is -0.116. The highest BCUT2D eigenvalue weighted by Gasteiger charge is 2.26. The van der Waals surface area contributed by atoms with E-state index < -0.39 is 10.0 Å². The van der Waals surface area contributed by atoms with Crippen molar-refractivity contribution < 1.29 is 13.2 Å². The van der Waals surface area contributed by atoms with Crippen molar-refractivity contribution in [3.05, 3.63) is 71.9 Å². The molecule has 6 nitrogen and oxygen atoms in total. The number of carbonyl (C=O) groups is 1. The topological polar surface area (TPSA) is 82.3 Å². The Bertz CT molecular complexity index is 1180. The second kappa shape index (κ2) is 9.71. The van der Waals surface area contributed by atoms with Crippen LogP contribution in [-0.4, -0.2) is 36.7 Å². The first-order valence-electron chi connectivity index (χ1n) is 11.1. The molecule has 1 fully saturated rings. The lowest BCUT2D eigenvalue weighted by atomic mass is 10.2. The Morgan fingerprint density at radius 3 is 2.50 bits per heavy atom. The SMILES string of the molecule is Cc1ccc(S(=O)(=O)N2CCCCC2)cc1NC(=O)CCc1ccc(-c2ccccc2)[nH]1. The van der Waals surface area contributed by atoms with E-state index in [-0.39, 0.29) is 10.8 Å². The number of aryl methyl sites for hydroxylation is 2. The van der Waals surface area contributed by atoms with Crippen LogP contribution < -0.4 is 5.32 Å². The second-order valence-electron chi connectivity index (χ2n) is 8.25. The number of H-pyrrole nitrogens is 1. The fourth-order valence-electron chi connectivity index (χ4n) is 3.98. The monoisotopic (exact) mass is 451 g/mol. The molecule has 7 heteroatoms. The summed E-state index contributed by atoms with van der Waals surface area (Å²) in [5.41, 5.74) is 4.49. The number of rotatable bonds is 7. The van der Waals surface area contributed by atoms with Crippen LogP contribution >= 0.6 is 0 Å². The minimum Gasteiger partial charge on any atom is -0.358 e. The zero-order chi connectivity index (χ0) is 22.6. The molecular weight excluding hydrogens is 422 g/mol. The predicted molar refractivity (Wildman–Crippen MR) is 127 cm³/mol. The molecule has 2 aromatic carbocycles. The molecule has 2 N–H and O–H groups in total. The van der Waals surface area contributed by atoms with Crippen molar-refractivity contribution in [1.82, 2.24) is 9.29 Å². The van der Waals surface area contributed by atoms with E-state index in [0.29, 0.717) is 31.6 Å². The molecule has 0 saturated carbocycles. The van der Waals surface area contributed by atoms with Gasteiger partial charge in [-0.3, -0.25) is 4.79 Å². The summed E-state index contributed by atoms with van der Waals surface area (Å²) < 4.78 is 27.5. The number of anilines is 1. The average molecular weight is 452 g/mol. The maximum Gasteiger partial charge on any atom is 0.243 e. The molecule has 3 aromatic rings. The standard InChI is InChI=1S/C25H29N3O3S/c1-19-10-13-22(32(30,31)28-16-6-3-7-17-28)18-24(19)27-25(29)15-12-21-11-14-23(26-21)20-8-4-2-5-9-20/h2,4-5,8-11,13-14,18,26H,3,6-7,12,15-17H2,1H3,(H,27,29). The first-order valence-corrected chi connectivity index (χ1v) is 12.5. The summed E-state index contributed by atoms with van der Waals surface area (Å²) in [7, 11) is -3.54. The second-order valence-corrected chi connectivity index (χ2v) is 10.2. The van der Waals surface area contributed by atoms with Crippen LogP contribution in [0.25, 0.3) is 11.3 Å². The predicted octanol–water partition coefficient (Wildman–Crippen LogP) is 4.74. The van der Waals surface area contributed by atoms with Crippen molar-refractivity contribution in [3.8, 4) is 11.3 Å². The molecule has 1 aromatic heterocycles. The highest BCUT2D eigenvalue weighted by Crippen LogP contribution is 2.25. The number of aromatic nitrogens is 1. The van der Waals surface area contributed by atoms with E-state index in [1.807, 2.05) is 49.4 Å². The summed E-state index contributed by atoms with van der Waals surface area (Å²) in [4.78, 5) is 16.2. The number of hydrogen-bond donors (Lipinski definition) is 2. The van der Waals surface area contributed by atoms with Crippen molar-refractivity contribution in [1.29, 1.82) is 0 Å². The van der Waals surface area contributed by atoms with Crippen molar-refractivity contribution in [2.24, 2.45) is 0 Å². The number of carbonyl (C=O) groups excluding carboxylic acids is 1. The van der Waals surface area contributed by atoms with Crippen molar-refractivity contribution >= 4 is 21.6 Å². The van der Waals surface area contributed by atoms with E-state index in [1.54, 1.807) is 22.5 Å². The number of piperidine rings is 1. The summed E-state index contributed by atoms with van der Waals surface area (Å²) in [6.07, 6.45) is 3.72. The molecular formula is C25H29N3O3S. The van der Waals surface area contributed by atoms with Crippen molar-refractivity contribution in [3.63, 3.8) is 0 Å². The minimum absolute atomic E-state index is 0.142. The lowest BCUT2D eigenvalue weighted by Gasteiger charge is -2.26. The van der Waals surface area contributed by atoms with E-state index in [4.69, 9.17) is 0 Å². The zero-order valence-electron chi connectivity index (χ0n) is 18.3. The van der Waals surface area contributed by atoms with Crippen LogP contribution in [0.5, 0.6) is 0 Å². The van der Waals surface area contributed by atoms with Crippen LogP contribution in [0.4, 0.5) is 5.69 Å². The van der Waals surface area contributed by atoms with Crippen molar-refractivity contribution in [2.45, 2.75) is 43.9 Å². The van der Waals surface area contributed by atoms with E-state index in [1.165, 1.54) is 0 Å². The third-order valence-corrected chi connectivity index (χ3v) is 7.78. The Morgan fingerprint density at radius 1 is 1.00 bits per heavy atom. The third-order valence-electron chi connectivity index (χ3n) is 5.89. The van der Waals surface area contributed by atoms with E-state index in [9.17, 15) is 13.2 Å². The Balaban J connectivity index is 1.40. The first-order chi connectivity index (χ1) is 15.4. The average Bonchev–Trinajstić information content (AvgIpc) is 3.29. The van der Waals surface area contributed by atoms with Gasteiger partial charge in [-0.05, 0) is 61.6 Å². The maximum atomic E-state index is 13.0. The molecule has 1 aliphatic rings. The molecule has 0 atom stereocenters. The Labute approximate surface area is 189 Å². The van der Waals surface area contributed by atoms with Gasteiger partial charge in [0, 0.05) is 36.6 Å². The molecule has 0 unspecified atom stereocenters. The quantitative estimate of drug-likeness (QED) is 0.545. The van der Waals surface area contributed by atoms with Crippen LogP contribution in [0.2, 0.25) is 0 Å². The van der Waals surface area contributed by atoms with Gasteiger partial charge in [-0.2, -0.15) is 4.31 Å². The number of aromatic amines is 1. The van der Waals surface area contributed by atoms with Crippen LogP contribution in [0, 0.1) is 6.92 Å². The van der Waals surface area contributed by atoms with Gasteiger partial charge in [-0.25, -0.2) is 8.42 Å². The smallest absolute Gasteiger partial charge is 0.243 e. The van der Waals surface area contributed by atoms with Crippen LogP contribution in [0.15, 0.2) is 65.6 Å². The summed E-state index contributed by atoms with van der Waals surface area (Å²) >= 11 is 0. The van der Waals surface area contributed by atoms with Gasteiger partial charge in [0.1, 0.15) is 0 Å². The number of hydrogen-bond acceptors (Lipinski definition) is 3. The number of sulfonamides is 1. The van der Waals surface area contributed by atoms with Crippen LogP contribution in [0.3, 0.4) is 0 Å². The summed E-state index contributed by atoms with van der Waals surface area (Å²) in [5.74, 6) is -0.142. The molecule has 0 radical (unpaired) electrons. The van der Waals surface area contributed by atoms with E-state index in [2.05, 4.69) is 10.3 Å². The van der Waals surface area contributed by atoms with Gasteiger partial charge >= 0.3 is 0 Å². The van der Waals surface area contributed by atoms with E-state index >= 15 is 0 Å². The van der Waals surface area contributed by atoms with Gasteiger partial charge < -0.3 is 10.3 Å². The van der Waals surface area contributed by atoms with Gasteiger partial charge in [-0.15, -0.1) is 0 Å². The summed E-state index contributed by atoms with van der Waals surface area (Å²) in [6.45, 7) is 2.97. The molecule has 1 saturated heterocycles. The van der Waals surface area contributed by atoms with Gasteiger partial charge in [0.2, 0.25) is 15.9 Å². The first kappa shape index (κ1) is 22.3. The number of amides is 1. The summed E-state index contributed by atoms with van der Waals surface area (Å²) in [5, 5.41) is 2.90. The van der Waals surface area contributed by atoms with Gasteiger partial charge in [0.25, 0.3) is 0 Å². The van der Waals surface area contributed by atoms with Gasteiger partial charge in [0.05, 0.1) is 4.90 Å². The number of nitrogens with one attached hydrogen (secondary N) is 2. The highest BCUT2D eigenvalue weighted by atomic mass is 32.2. The third kappa shape index (κ3) is 5.11. The molecule has 168 valence electrons. The van der Waals surface area contributed by atoms with Gasteiger partial charge in [0.15, 0.2) is 0 Å². The Hall–Kier alpha value is -2.90. The van der Waals surface area contributed by atoms with Crippen LogP contribution in [0.1, 0.15) is 36.9 Å². The number of nitrogens with zero attached hydrogens (tertiary/aromatic N) is 1. The Morgan fingerprint density at radius 2 is 1.75 bits per heavy atom. The van der Waals surface area contributed by atoms with E-state index in [0.717, 1.165) is 41.8 Å². The molecule has 2 heterocycles. The van der Waals surface area contributed by atoms with Gasteiger partial charge in [-0.1, -0.05) is 42.8 Å². The number of benzene rings is 2. The molecule has 0 spiro atoms. The van der Waals surface area contributed by atoms with Crippen molar-refractivity contribution in [2.75, 3.05) is 18.4 Å². The molecule has 0 aliphatic carbocycles. The summed E-state index contributed by atoms with van der Waals surface area (Å²) in [6, 6.07) is 19.0. The molecule has 1 amide bonds.